The molecule has 248 valence electrons. The lowest BCUT2D eigenvalue weighted by molar-refractivity contribution is -0.137. The number of benzene rings is 1. The number of urea groups is 1. The van der Waals surface area contributed by atoms with E-state index in [0.29, 0.717) is 31.1 Å². The van der Waals surface area contributed by atoms with Gasteiger partial charge in [-0.05, 0) is 103 Å². The second kappa shape index (κ2) is 12.3. The summed E-state index contributed by atoms with van der Waals surface area (Å²) in [6, 6.07) is 10.1. The van der Waals surface area contributed by atoms with Gasteiger partial charge in [0.25, 0.3) is 0 Å². The molecule has 2 unspecified atom stereocenters. The van der Waals surface area contributed by atoms with E-state index < -0.39 is 5.41 Å². The molecule has 4 aliphatic heterocycles. The van der Waals surface area contributed by atoms with E-state index in [1.165, 1.54) is 33.3 Å². The summed E-state index contributed by atoms with van der Waals surface area (Å²) in [5.41, 5.74) is 5.73. The first-order valence-electron chi connectivity index (χ1n) is 17.5. The van der Waals surface area contributed by atoms with Crippen molar-refractivity contribution in [3.63, 3.8) is 0 Å². The minimum atomic E-state index is -0.550. The molecule has 0 aliphatic carbocycles. The number of thiophene rings is 1. The van der Waals surface area contributed by atoms with Crippen LogP contribution in [0.3, 0.4) is 0 Å². The topological polar surface area (TPSA) is 72.1 Å². The normalized spacial score (nSPS) is 25.7. The average Bonchev–Trinajstić information content (AvgIpc) is 3.79. The Morgan fingerprint density at radius 2 is 1.50 bits per heavy atom. The van der Waals surface area contributed by atoms with Gasteiger partial charge in [0.1, 0.15) is 4.83 Å². The minimum Gasteiger partial charge on any atom is -0.372 e. The van der Waals surface area contributed by atoms with E-state index in [1.54, 1.807) is 11.3 Å². The van der Waals surface area contributed by atoms with Gasteiger partial charge in [-0.25, -0.2) is 4.79 Å². The van der Waals surface area contributed by atoms with Crippen LogP contribution in [0.1, 0.15) is 74.9 Å². The van der Waals surface area contributed by atoms with Gasteiger partial charge in [-0.3, -0.25) is 9.69 Å². The Bertz CT molecular complexity index is 1570. The molecule has 0 radical (unpaired) electrons. The van der Waals surface area contributed by atoms with Crippen LogP contribution in [0.25, 0.3) is 21.5 Å². The van der Waals surface area contributed by atoms with Crippen LogP contribution in [0.15, 0.2) is 24.3 Å². The number of amides is 3. The van der Waals surface area contributed by atoms with Crippen molar-refractivity contribution in [3.05, 3.63) is 45.8 Å². The molecular formula is C37H51N5O3S. The number of carbonyl (C=O) groups is 2. The lowest BCUT2D eigenvalue weighted by Crippen LogP contribution is -2.57. The Balaban J connectivity index is 1.10. The Morgan fingerprint density at radius 1 is 0.891 bits per heavy atom. The molecule has 46 heavy (non-hydrogen) atoms. The number of ether oxygens (including phenoxy) is 1. The highest BCUT2D eigenvalue weighted by molar-refractivity contribution is 7.19. The number of aromatic nitrogens is 1. The number of nitrogens with zero attached hydrogens (tertiary/aromatic N) is 4. The Morgan fingerprint density at radius 3 is 2.11 bits per heavy atom. The Kier molecular flexibility index (Phi) is 8.47. The fourth-order valence-electron chi connectivity index (χ4n) is 8.60. The molecule has 2 bridgehead atoms. The summed E-state index contributed by atoms with van der Waals surface area (Å²) >= 11 is 1.76. The maximum atomic E-state index is 14.0. The van der Waals surface area contributed by atoms with Crippen molar-refractivity contribution in [2.75, 3.05) is 45.8 Å². The number of aryl methyl sites for hydroxylation is 2. The van der Waals surface area contributed by atoms with Crippen molar-refractivity contribution in [1.29, 1.82) is 0 Å². The summed E-state index contributed by atoms with van der Waals surface area (Å²) in [6.45, 7) is 18.2. The Labute approximate surface area is 278 Å². The molecule has 1 aromatic carbocycles. The van der Waals surface area contributed by atoms with Gasteiger partial charge >= 0.3 is 6.03 Å². The number of aromatic amines is 1. The van der Waals surface area contributed by atoms with Crippen molar-refractivity contribution < 1.29 is 14.3 Å². The van der Waals surface area contributed by atoms with Crippen molar-refractivity contribution >= 4 is 33.5 Å². The molecule has 6 heterocycles. The first-order chi connectivity index (χ1) is 22.0. The van der Waals surface area contributed by atoms with E-state index >= 15 is 0 Å². The van der Waals surface area contributed by atoms with Gasteiger partial charge in [-0.1, -0.05) is 17.2 Å². The molecular weight excluding hydrogens is 595 g/mol. The van der Waals surface area contributed by atoms with Gasteiger partial charge in [-0.2, -0.15) is 0 Å². The predicted octanol–water partition coefficient (Wildman–Crippen LogP) is 6.33. The summed E-state index contributed by atoms with van der Waals surface area (Å²) in [7, 11) is 0. The van der Waals surface area contributed by atoms with E-state index in [0.717, 1.165) is 74.5 Å². The van der Waals surface area contributed by atoms with Crippen LogP contribution in [0, 0.1) is 13.8 Å². The van der Waals surface area contributed by atoms with Crippen molar-refractivity contribution in [2.24, 2.45) is 0 Å². The summed E-state index contributed by atoms with van der Waals surface area (Å²) in [6.07, 6.45) is 5.72. The third-order valence-electron chi connectivity index (χ3n) is 11.0. The van der Waals surface area contributed by atoms with Crippen LogP contribution in [0.2, 0.25) is 0 Å². The minimum absolute atomic E-state index is 0.0789. The summed E-state index contributed by atoms with van der Waals surface area (Å²) < 4.78 is 5.85. The summed E-state index contributed by atoms with van der Waals surface area (Å²) in [5, 5.41) is 1.25. The number of rotatable bonds is 6. The van der Waals surface area contributed by atoms with E-state index in [2.05, 4.69) is 66.7 Å². The molecule has 2 atom stereocenters. The number of carbonyl (C=O) groups excluding carboxylic acids is 2. The third-order valence-corrected chi connectivity index (χ3v) is 12.3. The quantitative estimate of drug-likeness (QED) is 0.340. The SMILES string of the molecule is Cc1cc(C)cc(-c2[nH]c3sc(C(C)(C)C(=O)N4C5CCC4CC5)cc3c2CCN2CCN(C(=O)N3CC(C)OC(C)C3)CC2)c1. The molecule has 0 spiro atoms. The van der Waals surface area contributed by atoms with Crippen LogP contribution in [0.4, 0.5) is 4.79 Å². The number of H-pyrrole nitrogens is 1. The van der Waals surface area contributed by atoms with Crippen molar-refractivity contribution in [1.82, 2.24) is 24.6 Å². The molecule has 2 aromatic heterocycles. The van der Waals surface area contributed by atoms with Gasteiger partial charge in [0, 0.05) is 68.2 Å². The maximum Gasteiger partial charge on any atom is 0.320 e. The zero-order chi connectivity index (χ0) is 32.3. The lowest BCUT2D eigenvalue weighted by atomic mass is 9.88. The smallest absolute Gasteiger partial charge is 0.320 e. The van der Waals surface area contributed by atoms with E-state index in [9.17, 15) is 9.59 Å². The maximum absolute atomic E-state index is 14.0. The van der Waals surface area contributed by atoms with Crippen LogP contribution in [0.5, 0.6) is 0 Å². The second-order valence-electron chi connectivity index (χ2n) is 15.0. The van der Waals surface area contributed by atoms with Crippen LogP contribution >= 0.6 is 11.3 Å². The number of hydrogen-bond donors (Lipinski definition) is 1. The standard InChI is InChI=1S/C37H51N5O3S/c1-23-17-24(2)19-27(18-23)33-30(11-12-39-13-15-40(16-14-39)36(44)41-21-25(3)45-26(4)22-41)31-20-32(46-34(31)38-33)37(5,6)35(43)42-28-7-8-29(42)10-9-28/h17-20,25-26,28-29,38H,7-16,21-22H2,1-6H3. The fraction of sp³-hybridized carbons (Fsp3) is 0.622. The molecule has 3 aromatic rings. The van der Waals surface area contributed by atoms with E-state index in [1.807, 2.05) is 23.6 Å². The van der Waals surface area contributed by atoms with Gasteiger partial charge in [0.15, 0.2) is 0 Å². The zero-order valence-electron chi connectivity index (χ0n) is 28.5. The number of morpholine rings is 1. The highest BCUT2D eigenvalue weighted by Crippen LogP contribution is 2.44. The van der Waals surface area contributed by atoms with Gasteiger partial charge < -0.3 is 24.4 Å². The fourth-order valence-corrected chi connectivity index (χ4v) is 9.79. The van der Waals surface area contributed by atoms with E-state index in [4.69, 9.17) is 4.74 Å². The van der Waals surface area contributed by atoms with Crippen LogP contribution in [-0.2, 0) is 21.4 Å². The summed E-state index contributed by atoms with van der Waals surface area (Å²) in [5.74, 6) is 0.297. The van der Waals surface area contributed by atoms with Crippen molar-refractivity contribution in [2.45, 2.75) is 103 Å². The molecule has 4 saturated heterocycles. The van der Waals surface area contributed by atoms with Crippen LogP contribution < -0.4 is 0 Å². The second-order valence-corrected chi connectivity index (χ2v) is 16.1. The van der Waals surface area contributed by atoms with Crippen molar-refractivity contribution in [3.8, 4) is 11.3 Å². The molecule has 3 amide bonds. The molecule has 9 heteroatoms. The van der Waals surface area contributed by atoms with E-state index in [-0.39, 0.29) is 18.2 Å². The largest absolute Gasteiger partial charge is 0.372 e. The monoisotopic (exact) mass is 645 g/mol. The van der Waals surface area contributed by atoms with Gasteiger partial charge in [0.2, 0.25) is 5.91 Å². The molecule has 8 nitrogen and oxygen atoms in total. The molecule has 4 fully saturated rings. The number of nitrogens with one attached hydrogen (secondary N) is 1. The molecule has 4 aliphatic rings. The van der Waals surface area contributed by atoms with Gasteiger partial charge in [-0.15, -0.1) is 11.3 Å². The zero-order valence-corrected chi connectivity index (χ0v) is 29.3. The Hall–Kier alpha value is -2.88. The predicted molar refractivity (Wildman–Crippen MR) is 186 cm³/mol. The summed E-state index contributed by atoms with van der Waals surface area (Å²) in [4.78, 5) is 42.2. The molecule has 1 N–H and O–H groups in total. The third kappa shape index (κ3) is 5.88. The number of hydrogen-bond acceptors (Lipinski definition) is 5. The average molecular weight is 646 g/mol. The highest BCUT2D eigenvalue weighted by atomic mass is 32.1. The first-order valence-corrected chi connectivity index (χ1v) is 18.3. The first kappa shape index (κ1) is 31.7. The molecule has 7 rings (SSSR count). The molecule has 0 saturated carbocycles. The van der Waals surface area contributed by atoms with Crippen LogP contribution in [-0.4, -0.2) is 107 Å². The van der Waals surface area contributed by atoms with Gasteiger partial charge in [0.05, 0.1) is 23.3 Å². The number of fused-ring (bicyclic) bond motifs is 3. The number of piperazine rings is 1. The lowest BCUT2D eigenvalue weighted by Gasteiger charge is -2.41. The highest BCUT2D eigenvalue weighted by Gasteiger charge is 2.47.